The number of amides is 1. The molecular formula is C20H21NO5. The fourth-order valence-electron chi connectivity index (χ4n) is 3.22. The van der Waals surface area contributed by atoms with Gasteiger partial charge in [0.2, 0.25) is 6.79 Å². The Morgan fingerprint density at radius 2 is 2.04 bits per heavy atom. The third-order valence-corrected chi connectivity index (χ3v) is 4.45. The van der Waals surface area contributed by atoms with Crippen molar-refractivity contribution in [2.45, 2.75) is 32.9 Å². The van der Waals surface area contributed by atoms with Crippen LogP contribution in [0.25, 0.3) is 0 Å². The van der Waals surface area contributed by atoms with Crippen LogP contribution in [-0.2, 0) is 13.0 Å². The molecule has 2 aromatic rings. The van der Waals surface area contributed by atoms with E-state index >= 15 is 0 Å². The molecule has 2 aliphatic rings. The molecular weight excluding hydrogens is 334 g/mol. The highest BCUT2D eigenvalue weighted by Gasteiger charge is 2.22. The average Bonchev–Trinajstić information content (AvgIpc) is 3.23. The molecule has 1 atom stereocenters. The van der Waals surface area contributed by atoms with Gasteiger partial charge in [-0.05, 0) is 44.2 Å². The van der Waals surface area contributed by atoms with E-state index in [-0.39, 0.29) is 18.8 Å². The smallest absolute Gasteiger partial charge is 0.251 e. The Labute approximate surface area is 152 Å². The van der Waals surface area contributed by atoms with Crippen LogP contribution in [0.2, 0.25) is 0 Å². The minimum absolute atomic E-state index is 0.165. The minimum Gasteiger partial charge on any atom is -0.494 e. The number of hydrogen-bond acceptors (Lipinski definition) is 5. The third-order valence-electron chi connectivity index (χ3n) is 4.45. The first kappa shape index (κ1) is 16.6. The second-order valence-electron chi connectivity index (χ2n) is 6.38. The minimum atomic E-state index is -0.180. The number of carbonyl (C=O) groups excluding carboxylic acids is 1. The topological polar surface area (TPSA) is 66.0 Å². The summed E-state index contributed by atoms with van der Waals surface area (Å²) >= 11 is 0. The first-order chi connectivity index (χ1) is 12.6. The van der Waals surface area contributed by atoms with Gasteiger partial charge >= 0.3 is 0 Å². The molecule has 1 amide bonds. The van der Waals surface area contributed by atoms with Gasteiger partial charge in [0.1, 0.15) is 17.6 Å². The number of ether oxygens (including phenoxy) is 4. The highest BCUT2D eigenvalue weighted by Crippen LogP contribution is 2.35. The number of carbonyl (C=O) groups is 1. The summed E-state index contributed by atoms with van der Waals surface area (Å²) in [4.78, 5) is 12.5. The number of rotatable bonds is 5. The maximum Gasteiger partial charge on any atom is 0.251 e. The van der Waals surface area contributed by atoms with E-state index in [0.29, 0.717) is 30.2 Å². The first-order valence-corrected chi connectivity index (χ1v) is 8.77. The molecule has 0 aromatic heterocycles. The fraction of sp³-hybridized carbons (Fsp3) is 0.350. The van der Waals surface area contributed by atoms with Gasteiger partial charge in [-0.1, -0.05) is 0 Å². The molecule has 0 aliphatic carbocycles. The van der Waals surface area contributed by atoms with Crippen molar-refractivity contribution < 1.29 is 23.7 Å². The molecule has 0 fully saturated rings. The van der Waals surface area contributed by atoms with Gasteiger partial charge in [-0.25, -0.2) is 0 Å². The van der Waals surface area contributed by atoms with Crippen molar-refractivity contribution in [3.63, 3.8) is 0 Å². The summed E-state index contributed by atoms with van der Waals surface area (Å²) in [6.45, 7) is 5.10. The van der Waals surface area contributed by atoms with Crippen molar-refractivity contribution in [2.75, 3.05) is 13.4 Å². The van der Waals surface area contributed by atoms with Crippen molar-refractivity contribution in [1.82, 2.24) is 5.32 Å². The van der Waals surface area contributed by atoms with Crippen LogP contribution in [0, 0.1) is 0 Å². The maximum absolute atomic E-state index is 12.5. The average molecular weight is 355 g/mol. The monoisotopic (exact) mass is 355 g/mol. The van der Waals surface area contributed by atoms with Gasteiger partial charge in [-0.2, -0.15) is 0 Å². The molecule has 1 unspecified atom stereocenters. The van der Waals surface area contributed by atoms with Crippen molar-refractivity contribution in [2.24, 2.45) is 0 Å². The Balaban J connectivity index is 1.50. The molecule has 1 N–H and O–H groups in total. The Morgan fingerprint density at radius 1 is 1.19 bits per heavy atom. The van der Waals surface area contributed by atoms with Gasteiger partial charge in [0.15, 0.2) is 11.5 Å². The predicted octanol–water partition coefficient (Wildman–Crippen LogP) is 3.07. The highest BCUT2D eigenvalue weighted by atomic mass is 16.7. The molecule has 0 spiro atoms. The maximum atomic E-state index is 12.5. The van der Waals surface area contributed by atoms with E-state index in [1.54, 1.807) is 18.2 Å². The molecule has 0 saturated carbocycles. The third kappa shape index (κ3) is 3.14. The van der Waals surface area contributed by atoms with Crippen LogP contribution >= 0.6 is 0 Å². The van der Waals surface area contributed by atoms with Gasteiger partial charge in [0.05, 0.1) is 6.61 Å². The number of benzene rings is 2. The molecule has 0 bridgehead atoms. The van der Waals surface area contributed by atoms with E-state index < -0.39 is 0 Å². The van der Waals surface area contributed by atoms with E-state index in [0.717, 1.165) is 29.0 Å². The molecule has 26 heavy (non-hydrogen) atoms. The van der Waals surface area contributed by atoms with E-state index in [2.05, 4.69) is 5.32 Å². The lowest BCUT2D eigenvalue weighted by molar-refractivity contribution is 0.0950. The summed E-state index contributed by atoms with van der Waals surface area (Å²) in [5.41, 5.74) is 2.57. The van der Waals surface area contributed by atoms with Gasteiger partial charge in [-0.3, -0.25) is 4.79 Å². The summed E-state index contributed by atoms with van der Waals surface area (Å²) in [5, 5.41) is 2.94. The van der Waals surface area contributed by atoms with Gasteiger partial charge in [0, 0.05) is 29.7 Å². The van der Waals surface area contributed by atoms with E-state index in [4.69, 9.17) is 18.9 Å². The lowest BCUT2D eigenvalue weighted by Gasteiger charge is -2.13. The SMILES string of the molecule is CCOc1cc2c(cc1CNC(=O)c1ccc3c(c1)OCO3)OC(C)C2. The van der Waals surface area contributed by atoms with Crippen LogP contribution in [0.3, 0.4) is 0 Å². The summed E-state index contributed by atoms with van der Waals surface area (Å²) in [6.07, 6.45) is 1.04. The molecule has 2 aromatic carbocycles. The molecule has 6 nitrogen and oxygen atoms in total. The number of hydrogen-bond donors (Lipinski definition) is 1. The molecule has 2 aliphatic heterocycles. The second kappa shape index (κ2) is 6.78. The zero-order valence-corrected chi connectivity index (χ0v) is 14.8. The molecule has 2 heterocycles. The van der Waals surface area contributed by atoms with Gasteiger partial charge in [0.25, 0.3) is 5.91 Å². The van der Waals surface area contributed by atoms with Crippen LogP contribution in [0.1, 0.15) is 35.3 Å². The summed E-state index contributed by atoms with van der Waals surface area (Å²) in [5.74, 6) is 2.72. The molecule has 4 rings (SSSR count). The second-order valence-corrected chi connectivity index (χ2v) is 6.38. The normalized spacial score (nSPS) is 16.8. The van der Waals surface area contributed by atoms with Crippen molar-refractivity contribution in [1.29, 1.82) is 0 Å². The van der Waals surface area contributed by atoms with Crippen molar-refractivity contribution >= 4 is 5.91 Å². The van der Waals surface area contributed by atoms with Crippen molar-refractivity contribution in [3.05, 3.63) is 47.0 Å². The van der Waals surface area contributed by atoms with Crippen molar-refractivity contribution in [3.8, 4) is 23.0 Å². The van der Waals surface area contributed by atoms with Crippen LogP contribution in [-0.4, -0.2) is 25.4 Å². The van der Waals surface area contributed by atoms with Gasteiger partial charge in [-0.15, -0.1) is 0 Å². The number of fused-ring (bicyclic) bond motifs is 2. The Bertz CT molecular complexity index is 848. The summed E-state index contributed by atoms with van der Waals surface area (Å²) in [6, 6.07) is 9.13. The molecule has 6 heteroatoms. The van der Waals surface area contributed by atoms with Crippen LogP contribution in [0.4, 0.5) is 0 Å². The molecule has 136 valence electrons. The Morgan fingerprint density at radius 3 is 2.88 bits per heavy atom. The number of nitrogens with one attached hydrogen (secondary N) is 1. The first-order valence-electron chi connectivity index (χ1n) is 8.77. The van der Waals surface area contributed by atoms with E-state index in [1.807, 2.05) is 26.0 Å². The van der Waals surface area contributed by atoms with E-state index in [9.17, 15) is 4.79 Å². The lowest BCUT2D eigenvalue weighted by atomic mass is 10.1. The zero-order chi connectivity index (χ0) is 18.1. The van der Waals surface area contributed by atoms with Crippen LogP contribution < -0.4 is 24.3 Å². The van der Waals surface area contributed by atoms with Crippen LogP contribution in [0.15, 0.2) is 30.3 Å². The fourth-order valence-corrected chi connectivity index (χ4v) is 3.22. The lowest BCUT2D eigenvalue weighted by Crippen LogP contribution is -2.23. The summed E-state index contributed by atoms with van der Waals surface area (Å²) in [7, 11) is 0. The largest absolute Gasteiger partial charge is 0.494 e. The van der Waals surface area contributed by atoms with Gasteiger partial charge < -0.3 is 24.3 Å². The highest BCUT2D eigenvalue weighted by molar-refractivity contribution is 5.94. The summed E-state index contributed by atoms with van der Waals surface area (Å²) < 4.78 is 22.2. The quantitative estimate of drug-likeness (QED) is 0.893. The molecule has 0 saturated heterocycles. The van der Waals surface area contributed by atoms with E-state index in [1.165, 1.54) is 0 Å². The standard InChI is InChI=1S/C20H21NO5/c1-3-23-17-8-14-6-12(2)26-18(14)9-15(17)10-21-20(22)13-4-5-16-19(7-13)25-11-24-16/h4-5,7-9,12H,3,6,10-11H2,1-2H3,(H,21,22). The zero-order valence-electron chi connectivity index (χ0n) is 14.8. The van der Waals surface area contributed by atoms with Crippen LogP contribution in [0.5, 0.6) is 23.0 Å². The predicted molar refractivity (Wildman–Crippen MR) is 95.1 cm³/mol. The Hall–Kier alpha value is -2.89. The Kier molecular flexibility index (Phi) is 4.32. The molecule has 0 radical (unpaired) electrons.